The quantitative estimate of drug-likeness (QED) is 0.282. The minimum absolute atomic E-state index is 0.131. The van der Waals surface area contributed by atoms with Crippen molar-refractivity contribution in [1.82, 2.24) is 15.2 Å². The fraction of sp³-hybridized carbons (Fsp3) is 0.333. The van der Waals surface area contributed by atoms with Crippen LogP contribution in [0, 0.1) is 5.82 Å². The van der Waals surface area contributed by atoms with Gasteiger partial charge in [0.2, 0.25) is 23.2 Å². The number of halogens is 2. The molecule has 33 heavy (non-hydrogen) atoms. The fourth-order valence-corrected chi connectivity index (χ4v) is 4.59. The first-order chi connectivity index (χ1) is 16.0. The second-order valence-corrected chi connectivity index (χ2v) is 9.15. The van der Waals surface area contributed by atoms with E-state index < -0.39 is 6.23 Å². The van der Waals surface area contributed by atoms with E-state index in [1.807, 2.05) is 6.92 Å². The Hall–Kier alpha value is -2.71. The average Bonchev–Trinajstić information content (AvgIpc) is 2.94. The number of amides is 1. The van der Waals surface area contributed by atoms with E-state index in [9.17, 15) is 9.18 Å². The van der Waals surface area contributed by atoms with Crippen LogP contribution in [0.25, 0.3) is 11.3 Å². The Morgan fingerprint density at radius 1 is 1.15 bits per heavy atom. The third kappa shape index (κ3) is 5.12. The van der Waals surface area contributed by atoms with Crippen molar-refractivity contribution in [2.75, 3.05) is 10.7 Å². The summed E-state index contributed by atoms with van der Waals surface area (Å²) in [4.78, 5) is 19.5. The number of rotatable bonds is 7. The third-order valence-electron chi connectivity index (χ3n) is 5.18. The molecular formula is C24H24ClFN4O2S. The lowest BCUT2D eigenvalue weighted by atomic mass is 10.1. The van der Waals surface area contributed by atoms with Crippen LogP contribution in [0.1, 0.15) is 51.3 Å². The number of benzene rings is 2. The summed E-state index contributed by atoms with van der Waals surface area (Å²) < 4.78 is 20.0. The van der Waals surface area contributed by atoms with Crippen molar-refractivity contribution in [3.8, 4) is 17.1 Å². The van der Waals surface area contributed by atoms with E-state index in [0.29, 0.717) is 45.5 Å². The van der Waals surface area contributed by atoms with Crippen LogP contribution >= 0.6 is 23.4 Å². The van der Waals surface area contributed by atoms with Crippen molar-refractivity contribution in [2.24, 2.45) is 0 Å². The monoisotopic (exact) mass is 486 g/mol. The van der Waals surface area contributed by atoms with Gasteiger partial charge in [-0.1, -0.05) is 55.8 Å². The summed E-state index contributed by atoms with van der Waals surface area (Å²) in [5, 5.41) is 9.67. The minimum atomic E-state index is -0.851. The Bertz CT molecular complexity index is 1150. The lowest BCUT2D eigenvalue weighted by Gasteiger charge is -2.31. The molecule has 6 nitrogen and oxygen atoms in total. The largest absolute Gasteiger partial charge is 0.447 e. The third-order valence-corrected chi connectivity index (χ3v) is 6.34. The highest BCUT2D eigenvalue weighted by molar-refractivity contribution is 7.99. The highest BCUT2D eigenvalue weighted by Gasteiger charge is 2.35. The van der Waals surface area contributed by atoms with Gasteiger partial charge in [0.15, 0.2) is 5.69 Å². The molecule has 0 fully saturated rings. The van der Waals surface area contributed by atoms with Crippen LogP contribution in [-0.4, -0.2) is 26.8 Å². The van der Waals surface area contributed by atoms with E-state index in [4.69, 9.17) is 16.3 Å². The number of hydrogen-bond acceptors (Lipinski definition) is 6. The predicted molar refractivity (Wildman–Crippen MR) is 128 cm³/mol. The van der Waals surface area contributed by atoms with Gasteiger partial charge in [-0.25, -0.2) is 4.39 Å². The van der Waals surface area contributed by atoms with E-state index >= 15 is 0 Å². The number of ether oxygens (including phenoxy) is 1. The minimum Gasteiger partial charge on any atom is -0.447 e. The highest BCUT2D eigenvalue weighted by Crippen LogP contribution is 2.44. The van der Waals surface area contributed by atoms with E-state index in [2.05, 4.69) is 22.1 Å². The van der Waals surface area contributed by atoms with E-state index in [1.165, 1.54) is 23.9 Å². The van der Waals surface area contributed by atoms with Gasteiger partial charge in [0.25, 0.3) is 0 Å². The number of nitrogens with zero attached hydrogens (tertiary/aromatic N) is 4. The van der Waals surface area contributed by atoms with Crippen LogP contribution in [0.3, 0.4) is 0 Å². The van der Waals surface area contributed by atoms with Gasteiger partial charge in [-0.05, 0) is 43.2 Å². The molecule has 1 atom stereocenters. The Kier molecular flexibility index (Phi) is 7.45. The van der Waals surface area contributed by atoms with Crippen molar-refractivity contribution in [3.05, 3.63) is 58.9 Å². The second-order valence-electron chi connectivity index (χ2n) is 7.65. The summed E-state index contributed by atoms with van der Waals surface area (Å²) in [7, 11) is 0. The molecule has 1 aliphatic rings. The molecule has 0 bridgehead atoms. The molecular weight excluding hydrogens is 463 g/mol. The normalized spacial score (nSPS) is 14.8. The van der Waals surface area contributed by atoms with Crippen molar-refractivity contribution >= 4 is 35.0 Å². The number of fused-ring (bicyclic) bond motifs is 3. The maximum atomic E-state index is 13.7. The number of carbonyl (C=O) groups is 1. The van der Waals surface area contributed by atoms with Crippen molar-refractivity contribution in [3.63, 3.8) is 0 Å². The van der Waals surface area contributed by atoms with Gasteiger partial charge < -0.3 is 4.74 Å². The average molecular weight is 487 g/mol. The van der Waals surface area contributed by atoms with Gasteiger partial charge >= 0.3 is 0 Å². The molecule has 1 aliphatic heterocycles. The Morgan fingerprint density at radius 2 is 1.94 bits per heavy atom. The van der Waals surface area contributed by atoms with Gasteiger partial charge in [-0.2, -0.15) is 4.98 Å². The van der Waals surface area contributed by atoms with Crippen LogP contribution in [0.15, 0.2) is 47.6 Å². The molecule has 1 amide bonds. The van der Waals surface area contributed by atoms with Gasteiger partial charge in [0.1, 0.15) is 5.82 Å². The van der Waals surface area contributed by atoms with Gasteiger partial charge in [0, 0.05) is 28.3 Å². The summed E-state index contributed by atoms with van der Waals surface area (Å²) in [6, 6.07) is 11.1. The number of unbranched alkanes of at least 4 members (excludes halogenated alkanes) is 1. The van der Waals surface area contributed by atoms with Crippen LogP contribution in [0.5, 0.6) is 5.88 Å². The Balaban J connectivity index is 1.88. The van der Waals surface area contributed by atoms with Gasteiger partial charge in [0.05, 0.1) is 5.69 Å². The van der Waals surface area contributed by atoms with Crippen LogP contribution < -0.4 is 9.64 Å². The molecule has 0 saturated carbocycles. The Labute approximate surface area is 201 Å². The molecule has 0 saturated heterocycles. The molecule has 0 aliphatic carbocycles. The number of carbonyl (C=O) groups excluding carboxylic acids is 1. The van der Waals surface area contributed by atoms with Crippen LogP contribution in [-0.2, 0) is 4.79 Å². The molecule has 172 valence electrons. The zero-order chi connectivity index (χ0) is 23.4. The maximum Gasteiger partial charge on any atom is 0.247 e. The second kappa shape index (κ2) is 10.5. The summed E-state index contributed by atoms with van der Waals surface area (Å²) in [6.07, 6.45) is 2.22. The molecule has 0 radical (unpaired) electrons. The number of hydrogen-bond donors (Lipinski definition) is 0. The summed E-state index contributed by atoms with van der Waals surface area (Å²) >= 11 is 7.82. The molecule has 9 heteroatoms. The SMILES string of the molecule is CCCCSc1nnc2c(n1)OC(c1ccc(F)cc1)N(C(=O)CCC)c1ccc(Cl)cc1-2. The van der Waals surface area contributed by atoms with E-state index in [-0.39, 0.29) is 17.6 Å². The van der Waals surface area contributed by atoms with E-state index in [1.54, 1.807) is 35.2 Å². The molecule has 0 N–H and O–H groups in total. The maximum absolute atomic E-state index is 13.7. The topological polar surface area (TPSA) is 68.2 Å². The van der Waals surface area contributed by atoms with Crippen LogP contribution in [0.2, 0.25) is 5.02 Å². The van der Waals surface area contributed by atoms with Crippen molar-refractivity contribution < 1.29 is 13.9 Å². The molecule has 2 heterocycles. The molecule has 3 aromatic rings. The van der Waals surface area contributed by atoms with Crippen molar-refractivity contribution in [1.29, 1.82) is 0 Å². The first-order valence-corrected chi connectivity index (χ1v) is 12.3. The fourth-order valence-electron chi connectivity index (χ4n) is 3.55. The Morgan fingerprint density at radius 3 is 2.67 bits per heavy atom. The van der Waals surface area contributed by atoms with Crippen molar-refractivity contribution in [2.45, 2.75) is 50.9 Å². The summed E-state index contributed by atoms with van der Waals surface area (Å²) in [5.41, 5.74) is 2.23. The number of thioether (sulfide) groups is 1. The molecule has 0 spiro atoms. The van der Waals surface area contributed by atoms with E-state index in [0.717, 1.165) is 18.6 Å². The highest BCUT2D eigenvalue weighted by atomic mass is 35.5. The molecule has 4 rings (SSSR count). The number of anilines is 1. The first kappa shape index (κ1) is 23.4. The first-order valence-electron chi connectivity index (χ1n) is 10.9. The summed E-state index contributed by atoms with van der Waals surface area (Å²) in [6.45, 7) is 4.06. The predicted octanol–water partition coefficient (Wildman–Crippen LogP) is 6.45. The smallest absolute Gasteiger partial charge is 0.247 e. The zero-order valence-electron chi connectivity index (χ0n) is 18.4. The standard InChI is InChI=1S/C24H24ClFN4O2S/c1-3-5-13-33-24-27-22-21(28-29-24)18-14-16(25)9-12-19(18)30(20(31)6-4-2)23(32-22)15-7-10-17(26)11-8-15/h7-12,14,23H,3-6,13H2,1-2H3. The molecule has 1 aromatic heterocycles. The number of aromatic nitrogens is 3. The van der Waals surface area contributed by atoms with Crippen LogP contribution in [0.4, 0.5) is 10.1 Å². The molecule has 2 aromatic carbocycles. The lowest BCUT2D eigenvalue weighted by Crippen LogP contribution is -2.37. The molecule has 1 unspecified atom stereocenters. The van der Waals surface area contributed by atoms with Gasteiger partial charge in [-0.3, -0.25) is 9.69 Å². The summed E-state index contributed by atoms with van der Waals surface area (Å²) in [5.74, 6) is 0.620. The van der Waals surface area contributed by atoms with Gasteiger partial charge in [-0.15, -0.1) is 10.2 Å². The zero-order valence-corrected chi connectivity index (χ0v) is 20.0. The lowest BCUT2D eigenvalue weighted by molar-refractivity contribution is -0.120.